The van der Waals surface area contributed by atoms with Gasteiger partial charge in [-0.05, 0) is 35.9 Å². The molecule has 0 radical (unpaired) electrons. The smallest absolute Gasteiger partial charge is 0.279 e. The fraction of sp³-hybridized carbons (Fsp3) is 0.333. The molecule has 0 aliphatic heterocycles. The molecule has 2 N–H and O–H groups in total. The quantitative estimate of drug-likeness (QED) is 0.653. The van der Waals surface area contributed by atoms with Crippen molar-refractivity contribution in [2.75, 3.05) is 46.7 Å². The summed E-state index contributed by atoms with van der Waals surface area (Å²) in [7, 11) is 6.59. The standard InChI is InChI=1S/C21H26FN3O4/c1-24(13-20(26)23-17-7-5-6-16(22)11-17)14-21(27)25(2)12-15-8-9-18(28-3)19(10-15)29-4/h5-11H,12-14H2,1-4H3,(H,23,26)/p+1. The number of hydrogen-bond donors (Lipinski definition) is 2. The van der Waals surface area contributed by atoms with Crippen molar-refractivity contribution in [1.82, 2.24) is 4.90 Å². The second kappa shape index (κ2) is 10.4. The number of halogens is 1. The maximum absolute atomic E-state index is 13.2. The number of likely N-dealkylation sites (N-methyl/N-ethyl adjacent to an activating group) is 2. The van der Waals surface area contributed by atoms with Gasteiger partial charge in [0.25, 0.3) is 11.8 Å². The molecule has 2 aromatic rings. The zero-order valence-electron chi connectivity index (χ0n) is 17.1. The molecule has 2 rings (SSSR count). The number of ether oxygens (including phenoxy) is 2. The molecule has 2 aromatic carbocycles. The SMILES string of the molecule is COc1ccc(CN(C)C(=O)C[NH+](C)CC(=O)Nc2cccc(F)c2)cc1OC. The van der Waals surface area contributed by atoms with Crippen molar-refractivity contribution in [2.24, 2.45) is 0 Å². The third-order valence-corrected chi connectivity index (χ3v) is 4.32. The van der Waals surface area contributed by atoms with Gasteiger partial charge in [0.05, 0.1) is 21.3 Å². The van der Waals surface area contributed by atoms with Gasteiger partial charge in [0.2, 0.25) is 0 Å². The normalized spacial score (nSPS) is 11.5. The molecule has 0 aliphatic rings. The number of rotatable bonds is 9. The molecule has 0 aromatic heterocycles. The summed E-state index contributed by atoms with van der Waals surface area (Å²) in [6, 6.07) is 11.2. The van der Waals surface area contributed by atoms with Crippen molar-refractivity contribution >= 4 is 17.5 Å². The van der Waals surface area contributed by atoms with Crippen LogP contribution in [0.4, 0.5) is 10.1 Å². The first-order valence-electron chi connectivity index (χ1n) is 9.14. The number of hydrogen-bond acceptors (Lipinski definition) is 4. The van der Waals surface area contributed by atoms with E-state index >= 15 is 0 Å². The molecule has 1 unspecified atom stereocenters. The van der Waals surface area contributed by atoms with Crippen molar-refractivity contribution in [3.63, 3.8) is 0 Å². The van der Waals surface area contributed by atoms with E-state index in [-0.39, 0.29) is 24.9 Å². The number of benzene rings is 2. The van der Waals surface area contributed by atoms with E-state index in [4.69, 9.17) is 9.47 Å². The maximum atomic E-state index is 13.2. The summed E-state index contributed by atoms with van der Waals surface area (Å²) in [6.07, 6.45) is 0. The predicted octanol–water partition coefficient (Wildman–Crippen LogP) is 0.955. The van der Waals surface area contributed by atoms with Crippen LogP contribution in [0.2, 0.25) is 0 Å². The van der Waals surface area contributed by atoms with Gasteiger partial charge in [-0.3, -0.25) is 9.59 Å². The lowest BCUT2D eigenvalue weighted by Crippen LogP contribution is -3.11. The lowest BCUT2D eigenvalue weighted by Gasteiger charge is -2.20. The Bertz CT molecular complexity index is 860. The van der Waals surface area contributed by atoms with Crippen LogP contribution in [0.15, 0.2) is 42.5 Å². The van der Waals surface area contributed by atoms with Gasteiger partial charge in [-0.25, -0.2) is 4.39 Å². The Morgan fingerprint density at radius 1 is 1.07 bits per heavy atom. The summed E-state index contributed by atoms with van der Waals surface area (Å²) in [5, 5.41) is 2.63. The van der Waals surface area contributed by atoms with E-state index in [0.29, 0.717) is 23.7 Å². The van der Waals surface area contributed by atoms with E-state index in [1.807, 2.05) is 12.1 Å². The number of nitrogens with one attached hydrogen (secondary N) is 2. The Kier molecular flexibility index (Phi) is 7.97. The Balaban J connectivity index is 1.86. The lowest BCUT2D eigenvalue weighted by molar-refractivity contribution is -0.862. The van der Waals surface area contributed by atoms with Crippen LogP contribution >= 0.6 is 0 Å². The van der Waals surface area contributed by atoms with Crippen LogP contribution in [-0.2, 0) is 16.1 Å². The van der Waals surface area contributed by atoms with Crippen molar-refractivity contribution in [3.05, 3.63) is 53.8 Å². The lowest BCUT2D eigenvalue weighted by atomic mass is 10.2. The average Bonchev–Trinajstić information content (AvgIpc) is 2.67. The molecule has 0 saturated heterocycles. The zero-order chi connectivity index (χ0) is 21.4. The van der Waals surface area contributed by atoms with Crippen molar-refractivity contribution < 1.29 is 28.4 Å². The van der Waals surface area contributed by atoms with Crippen molar-refractivity contribution in [3.8, 4) is 11.5 Å². The first-order valence-corrected chi connectivity index (χ1v) is 9.14. The van der Waals surface area contributed by atoms with Crippen LogP contribution in [0.3, 0.4) is 0 Å². The Hall–Kier alpha value is -3.13. The topological polar surface area (TPSA) is 72.3 Å². The van der Waals surface area contributed by atoms with Crippen molar-refractivity contribution in [1.29, 1.82) is 0 Å². The second-order valence-corrected chi connectivity index (χ2v) is 6.81. The molecular formula is C21H27FN3O4+. The van der Waals surface area contributed by atoms with Crippen LogP contribution < -0.4 is 19.7 Å². The monoisotopic (exact) mass is 404 g/mol. The number of quaternary nitrogens is 1. The van der Waals surface area contributed by atoms with Crippen LogP contribution in [0.1, 0.15) is 5.56 Å². The Morgan fingerprint density at radius 2 is 1.79 bits per heavy atom. The molecular weight excluding hydrogens is 377 g/mol. The van der Waals surface area contributed by atoms with Crippen LogP contribution in [0.5, 0.6) is 11.5 Å². The molecule has 0 heterocycles. The summed E-state index contributed by atoms with van der Waals surface area (Å²) in [5.41, 5.74) is 1.29. The number of amides is 2. The number of anilines is 1. The van der Waals surface area contributed by atoms with Crippen molar-refractivity contribution in [2.45, 2.75) is 6.54 Å². The van der Waals surface area contributed by atoms with Gasteiger partial charge in [0.1, 0.15) is 5.82 Å². The molecule has 0 fully saturated rings. The average molecular weight is 404 g/mol. The fourth-order valence-corrected chi connectivity index (χ4v) is 2.84. The fourth-order valence-electron chi connectivity index (χ4n) is 2.84. The van der Waals surface area contributed by atoms with E-state index in [0.717, 1.165) is 10.5 Å². The van der Waals surface area contributed by atoms with Gasteiger partial charge >= 0.3 is 0 Å². The highest BCUT2D eigenvalue weighted by Crippen LogP contribution is 2.27. The first-order chi connectivity index (χ1) is 13.8. The van der Waals surface area contributed by atoms with Gasteiger partial charge in [0.15, 0.2) is 24.6 Å². The molecule has 0 bridgehead atoms. The summed E-state index contributed by atoms with van der Waals surface area (Å²) < 4.78 is 23.7. The molecule has 2 amide bonds. The minimum Gasteiger partial charge on any atom is -0.493 e. The molecule has 0 spiro atoms. The van der Waals surface area contributed by atoms with Gasteiger partial charge in [-0.2, -0.15) is 0 Å². The minimum absolute atomic E-state index is 0.0897. The van der Waals surface area contributed by atoms with Gasteiger partial charge in [-0.15, -0.1) is 0 Å². The maximum Gasteiger partial charge on any atom is 0.279 e. The number of carbonyl (C=O) groups excluding carboxylic acids is 2. The largest absolute Gasteiger partial charge is 0.493 e. The number of carbonyl (C=O) groups is 2. The molecule has 1 atom stereocenters. The second-order valence-electron chi connectivity index (χ2n) is 6.81. The van der Waals surface area contributed by atoms with E-state index in [1.54, 1.807) is 45.3 Å². The number of methoxy groups -OCH3 is 2. The van der Waals surface area contributed by atoms with Gasteiger partial charge in [-0.1, -0.05) is 12.1 Å². The Morgan fingerprint density at radius 3 is 2.45 bits per heavy atom. The van der Waals surface area contributed by atoms with Crippen LogP contribution in [0, 0.1) is 5.82 Å². The van der Waals surface area contributed by atoms with Gasteiger partial charge in [0, 0.05) is 19.3 Å². The highest BCUT2D eigenvalue weighted by atomic mass is 19.1. The predicted molar refractivity (Wildman–Crippen MR) is 108 cm³/mol. The van der Waals surface area contributed by atoms with E-state index < -0.39 is 5.82 Å². The Labute approximate surface area is 170 Å². The third-order valence-electron chi connectivity index (χ3n) is 4.32. The van der Waals surface area contributed by atoms with Crippen LogP contribution in [0.25, 0.3) is 0 Å². The molecule has 7 nitrogen and oxygen atoms in total. The highest BCUT2D eigenvalue weighted by molar-refractivity contribution is 5.91. The third kappa shape index (κ3) is 6.76. The zero-order valence-corrected chi connectivity index (χ0v) is 17.1. The molecule has 29 heavy (non-hydrogen) atoms. The molecule has 0 saturated carbocycles. The molecule has 0 aliphatic carbocycles. The highest BCUT2D eigenvalue weighted by Gasteiger charge is 2.18. The summed E-state index contributed by atoms with van der Waals surface area (Å²) >= 11 is 0. The molecule has 156 valence electrons. The number of nitrogens with zero attached hydrogens (tertiary/aromatic N) is 1. The van der Waals surface area contributed by atoms with E-state index in [2.05, 4.69) is 5.32 Å². The van der Waals surface area contributed by atoms with Gasteiger partial charge < -0.3 is 24.6 Å². The van der Waals surface area contributed by atoms with E-state index in [1.165, 1.54) is 18.2 Å². The van der Waals surface area contributed by atoms with E-state index in [9.17, 15) is 14.0 Å². The minimum atomic E-state index is -0.421. The van der Waals surface area contributed by atoms with Crippen LogP contribution in [-0.4, -0.2) is 58.1 Å². The molecule has 8 heteroatoms. The summed E-state index contributed by atoms with van der Waals surface area (Å²) in [4.78, 5) is 26.9. The summed E-state index contributed by atoms with van der Waals surface area (Å²) in [5.74, 6) is 0.413. The first kappa shape index (κ1) is 22.2. The summed E-state index contributed by atoms with van der Waals surface area (Å²) in [6.45, 7) is 0.648.